The van der Waals surface area contributed by atoms with Crippen LogP contribution >= 0.6 is 0 Å². The molecule has 0 radical (unpaired) electrons. The molecule has 82 valence electrons. The molecule has 0 aromatic carbocycles. The predicted octanol–water partition coefficient (Wildman–Crippen LogP) is -0.469. The van der Waals surface area contributed by atoms with Crippen molar-refractivity contribution in [2.75, 3.05) is 13.2 Å². The fourth-order valence-electron chi connectivity index (χ4n) is 0.773. The Morgan fingerprint density at radius 2 is 2.07 bits per heavy atom. The molecule has 2 amide bonds. The van der Waals surface area contributed by atoms with E-state index < -0.39 is 24.6 Å². The molecule has 14 heavy (non-hydrogen) atoms. The molecular formula is C8H16N2O4. The van der Waals surface area contributed by atoms with Gasteiger partial charge >= 0.3 is 12.0 Å². The van der Waals surface area contributed by atoms with Crippen molar-refractivity contribution in [3.05, 3.63) is 0 Å². The third-order valence-corrected chi connectivity index (χ3v) is 1.60. The number of aliphatic hydroxyl groups is 1. The molecule has 0 heterocycles. The van der Waals surface area contributed by atoms with Crippen LogP contribution in [0.4, 0.5) is 4.79 Å². The Balaban J connectivity index is 3.74. The van der Waals surface area contributed by atoms with E-state index in [4.69, 9.17) is 10.2 Å². The maximum Gasteiger partial charge on any atom is 0.328 e. The van der Waals surface area contributed by atoms with Crippen LogP contribution < -0.4 is 10.6 Å². The number of carboxylic acid groups (broad SMARTS) is 1. The summed E-state index contributed by atoms with van der Waals surface area (Å²) < 4.78 is 0. The fraction of sp³-hybridized carbons (Fsp3) is 0.750. The minimum atomic E-state index is -1.25. The van der Waals surface area contributed by atoms with Crippen molar-refractivity contribution in [3.63, 3.8) is 0 Å². The van der Waals surface area contributed by atoms with Gasteiger partial charge in [0.05, 0.1) is 6.61 Å². The van der Waals surface area contributed by atoms with Gasteiger partial charge in [0.15, 0.2) is 6.04 Å². The Morgan fingerprint density at radius 3 is 2.50 bits per heavy atom. The molecule has 4 N–H and O–H groups in total. The SMILES string of the molecule is CCCCNC(=O)N[C@H](CO)C(=O)O. The lowest BCUT2D eigenvalue weighted by Gasteiger charge is -2.12. The number of carboxylic acids is 1. The minimum Gasteiger partial charge on any atom is -0.480 e. The molecule has 0 rings (SSSR count). The first-order valence-corrected chi connectivity index (χ1v) is 4.49. The van der Waals surface area contributed by atoms with E-state index >= 15 is 0 Å². The predicted molar refractivity (Wildman–Crippen MR) is 50.0 cm³/mol. The Bertz CT molecular complexity index is 196. The van der Waals surface area contributed by atoms with Gasteiger partial charge in [0, 0.05) is 6.54 Å². The number of rotatable bonds is 6. The van der Waals surface area contributed by atoms with Crippen LogP contribution in [-0.4, -0.2) is 41.4 Å². The molecule has 1 atom stereocenters. The van der Waals surface area contributed by atoms with E-state index in [9.17, 15) is 9.59 Å². The standard InChI is InChI=1S/C8H16N2O4/c1-2-3-4-9-8(14)10-6(5-11)7(12)13/h6,11H,2-5H2,1H3,(H,12,13)(H2,9,10,14)/t6-/m1/s1. The van der Waals surface area contributed by atoms with Crippen LogP contribution in [0.25, 0.3) is 0 Å². The number of hydrogen-bond acceptors (Lipinski definition) is 3. The highest BCUT2D eigenvalue weighted by Crippen LogP contribution is 1.84. The number of carbonyl (C=O) groups excluding carboxylic acids is 1. The number of aliphatic hydroxyl groups excluding tert-OH is 1. The largest absolute Gasteiger partial charge is 0.480 e. The molecule has 0 fully saturated rings. The average Bonchev–Trinajstić information content (AvgIpc) is 2.14. The second-order valence-corrected chi connectivity index (χ2v) is 2.83. The summed E-state index contributed by atoms with van der Waals surface area (Å²) in [7, 11) is 0. The van der Waals surface area contributed by atoms with Crippen molar-refractivity contribution < 1.29 is 19.8 Å². The van der Waals surface area contributed by atoms with Crippen LogP contribution in [0.1, 0.15) is 19.8 Å². The average molecular weight is 204 g/mol. The third kappa shape index (κ3) is 5.36. The number of carbonyl (C=O) groups is 2. The lowest BCUT2D eigenvalue weighted by Crippen LogP contribution is -2.48. The topological polar surface area (TPSA) is 98.7 Å². The quantitative estimate of drug-likeness (QED) is 0.439. The van der Waals surface area contributed by atoms with Crippen molar-refractivity contribution in [1.82, 2.24) is 10.6 Å². The second-order valence-electron chi connectivity index (χ2n) is 2.83. The van der Waals surface area contributed by atoms with Gasteiger partial charge < -0.3 is 20.8 Å². The lowest BCUT2D eigenvalue weighted by molar-refractivity contribution is -0.140. The van der Waals surface area contributed by atoms with Gasteiger partial charge in [0.25, 0.3) is 0 Å². The number of urea groups is 1. The summed E-state index contributed by atoms with van der Waals surface area (Å²) >= 11 is 0. The maximum atomic E-state index is 11.0. The molecule has 0 unspecified atom stereocenters. The van der Waals surface area contributed by atoms with E-state index in [1.807, 2.05) is 6.92 Å². The van der Waals surface area contributed by atoms with Crippen molar-refractivity contribution in [2.24, 2.45) is 0 Å². The Morgan fingerprint density at radius 1 is 1.43 bits per heavy atom. The second kappa shape index (κ2) is 7.14. The van der Waals surface area contributed by atoms with Crippen LogP contribution in [-0.2, 0) is 4.79 Å². The van der Waals surface area contributed by atoms with Gasteiger partial charge in [-0.15, -0.1) is 0 Å². The van der Waals surface area contributed by atoms with Crippen LogP contribution in [0.5, 0.6) is 0 Å². The van der Waals surface area contributed by atoms with E-state index in [0.717, 1.165) is 12.8 Å². The van der Waals surface area contributed by atoms with Crippen LogP contribution in [0.3, 0.4) is 0 Å². The highest BCUT2D eigenvalue weighted by molar-refractivity contribution is 5.82. The molecule has 0 aliphatic heterocycles. The van der Waals surface area contributed by atoms with Gasteiger partial charge in [-0.2, -0.15) is 0 Å². The summed E-state index contributed by atoms with van der Waals surface area (Å²) in [6.45, 7) is 1.87. The van der Waals surface area contributed by atoms with E-state index in [0.29, 0.717) is 6.54 Å². The van der Waals surface area contributed by atoms with Crippen molar-refractivity contribution >= 4 is 12.0 Å². The molecule has 0 aromatic heterocycles. The summed E-state index contributed by atoms with van der Waals surface area (Å²) in [6, 6.07) is -1.81. The molecule has 0 spiro atoms. The smallest absolute Gasteiger partial charge is 0.328 e. The Hall–Kier alpha value is -1.30. The molecule has 0 aliphatic rings. The summed E-state index contributed by atoms with van der Waals surface area (Å²) in [4.78, 5) is 21.4. The van der Waals surface area contributed by atoms with E-state index in [1.165, 1.54) is 0 Å². The van der Waals surface area contributed by atoms with Gasteiger partial charge in [0.1, 0.15) is 0 Å². The first-order valence-electron chi connectivity index (χ1n) is 4.49. The lowest BCUT2D eigenvalue weighted by atomic mass is 10.3. The molecular weight excluding hydrogens is 188 g/mol. The summed E-state index contributed by atoms with van der Waals surface area (Å²) in [5, 5.41) is 21.7. The van der Waals surface area contributed by atoms with Crippen LogP contribution in [0.2, 0.25) is 0 Å². The zero-order chi connectivity index (χ0) is 11.0. The van der Waals surface area contributed by atoms with Gasteiger partial charge in [-0.05, 0) is 6.42 Å². The van der Waals surface area contributed by atoms with E-state index in [-0.39, 0.29) is 0 Å². The maximum absolute atomic E-state index is 11.0. The number of nitrogens with one attached hydrogen (secondary N) is 2. The number of aliphatic carboxylic acids is 1. The highest BCUT2D eigenvalue weighted by Gasteiger charge is 2.17. The highest BCUT2D eigenvalue weighted by atomic mass is 16.4. The van der Waals surface area contributed by atoms with Crippen molar-refractivity contribution in [1.29, 1.82) is 0 Å². The first-order chi connectivity index (χ1) is 6.61. The summed E-state index contributed by atoms with van der Waals surface area (Å²) in [5.41, 5.74) is 0. The fourth-order valence-corrected chi connectivity index (χ4v) is 0.773. The monoisotopic (exact) mass is 204 g/mol. The Labute approximate surface area is 82.3 Å². The van der Waals surface area contributed by atoms with Crippen LogP contribution in [0, 0.1) is 0 Å². The third-order valence-electron chi connectivity index (χ3n) is 1.60. The van der Waals surface area contributed by atoms with E-state index in [1.54, 1.807) is 0 Å². The summed E-state index contributed by atoms with van der Waals surface area (Å²) in [5.74, 6) is -1.25. The molecule has 0 aliphatic carbocycles. The number of hydrogen-bond donors (Lipinski definition) is 4. The van der Waals surface area contributed by atoms with Gasteiger partial charge in [-0.3, -0.25) is 0 Å². The van der Waals surface area contributed by atoms with Crippen LogP contribution in [0.15, 0.2) is 0 Å². The van der Waals surface area contributed by atoms with Gasteiger partial charge in [-0.25, -0.2) is 9.59 Å². The first kappa shape index (κ1) is 12.7. The van der Waals surface area contributed by atoms with Crippen molar-refractivity contribution in [3.8, 4) is 0 Å². The molecule has 6 nitrogen and oxygen atoms in total. The molecule has 0 bridgehead atoms. The summed E-state index contributed by atoms with van der Waals surface area (Å²) in [6.07, 6.45) is 1.78. The zero-order valence-electron chi connectivity index (χ0n) is 8.12. The number of unbranched alkanes of at least 4 members (excludes halogenated alkanes) is 1. The Kier molecular flexibility index (Phi) is 6.47. The van der Waals surface area contributed by atoms with Gasteiger partial charge in [0.2, 0.25) is 0 Å². The van der Waals surface area contributed by atoms with Gasteiger partial charge in [-0.1, -0.05) is 13.3 Å². The van der Waals surface area contributed by atoms with E-state index in [2.05, 4.69) is 10.6 Å². The molecule has 0 saturated heterocycles. The zero-order valence-corrected chi connectivity index (χ0v) is 8.12. The molecule has 6 heteroatoms. The van der Waals surface area contributed by atoms with Crippen molar-refractivity contribution in [2.45, 2.75) is 25.8 Å². The number of amides is 2. The normalized spacial score (nSPS) is 11.9. The minimum absolute atomic E-state index is 0.500. The molecule has 0 aromatic rings. The molecule has 0 saturated carbocycles.